The predicted molar refractivity (Wildman–Crippen MR) is 105 cm³/mol. The molecule has 1 aromatic carbocycles. The number of nitriles is 1. The first-order chi connectivity index (χ1) is 13.7. The molecule has 0 spiro atoms. The van der Waals surface area contributed by atoms with Crippen LogP contribution in [0.3, 0.4) is 0 Å². The lowest BCUT2D eigenvalue weighted by molar-refractivity contribution is -0.126. The van der Waals surface area contributed by atoms with Gasteiger partial charge in [-0.3, -0.25) is 14.8 Å². The Morgan fingerprint density at radius 3 is 2.89 bits per heavy atom. The molecule has 0 aliphatic carbocycles. The van der Waals surface area contributed by atoms with Crippen molar-refractivity contribution in [2.75, 3.05) is 37.7 Å². The normalized spacial score (nSPS) is 25.3. The SMILES string of the molecule is C[C@H]1C[C@@H](NC(=O)[C@H]2COCCN2)CN(c2ccc(C#N)c3nccnc23)C1. The maximum Gasteiger partial charge on any atom is 0.239 e. The number of carbonyl (C=O) groups is 1. The molecule has 2 fully saturated rings. The Balaban J connectivity index is 1.55. The minimum atomic E-state index is -0.291. The van der Waals surface area contributed by atoms with Gasteiger partial charge in [-0.15, -0.1) is 0 Å². The Morgan fingerprint density at radius 1 is 1.32 bits per heavy atom. The van der Waals surface area contributed by atoms with Gasteiger partial charge in [-0.25, -0.2) is 0 Å². The van der Waals surface area contributed by atoms with E-state index in [4.69, 9.17) is 4.74 Å². The zero-order valence-corrected chi connectivity index (χ0v) is 15.9. The van der Waals surface area contributed by atoms with Crippen molar-refractivity contribution in [1.82, 2.24) is 20.6 Å². The number of fused-ring (bicyclic) bond motifs is 1. The number of amides is 1. The van der Waals surface area contributed by atoms with Crippen LogP contribution in [0.2, 0.25) is 0 Å². The van der Waals surface area contributed by atoms with Crippen LogP contribution in [-0.4, -0.2) is 60.8 Å². The summed E-state index contributed by atoms with van der Waals surface area (Å²) >= 11 is 0. The lowest BCUT2D eigenvalue weighted by Gasteiger charge is -2.39. The van der Waals surface area contributed by atoms with E-state index in [1.165, 1.54) is 0 Å². The van der Waals surface area contributed by atoms with Crippen molar-refractivity contribution in [2.45, 2.75) is 25.4 Å². The van der Waals surface area contributed by atoms with Gasteiger partial charge in [0, 0.05) is 38.1 Å². The molecular formula is C20H24N6O2. The second-order valence-corrected chi connectivity index (χ2v) is 7.53. The molecule has 8 nitrogen and oxygen atoms in total. The molecule has 2 aromatic rings. The summed E-state index contributed by atoms with van der Waals surface area (Å²) in [4.78, 5) is 23.7. The number of nitrogens with zero attached hydrogens (tertiary/aromatic N) is 4. The van der Waals surface area contributed by atoms with Crippen LogP contribution in [0.5, 0.6) is 0 Å². The molecular weight excluding hydrogens is 356 g/mol. The van der Waals surface area contributed by atoms with Crippen molar-refractivity contribution in [3.8, 4) is 6.07 Å². The average molecular weight is 380 g/mol. The van der Waals surface area contributed by atoms with Gasteiger partial charge < -0.3 is 20.3 Å². The van der Waals surface area contributed by atoms with E-state index in [0.29, 0.717) is 43.3 Å². The molecule has 3 atom stereocenters. The highest BCUT2D eigenvalue weighted by atomic mass is 16.5. The lowest BCUT2D eigenvalue weighted by Crippen LogP contribution is -2.57. The summed E-state index contributed by atoms with van der Waals surface area (Å²) in [5.74, 6) is 0.403. The highest BCUT2D eigenvalue weighted by molar-refractivity contribution is 5.92. The van der Waals surface area contributed by atoms with Crippen molar-refractivity contribution >= 4 is 22.6 Å². The summed E-state index contributed by atoms with van der Waals surface area (Å²) in [5, 5.41) is 15.7. The molecule has 2 N–H and O–H groups in total. The van der Waals surface area contributed by atoms with Crippen LogP contribution < -0.4 is 15.5 Å². The topological polar surface area (TPSA) is 103 Å². The van der Waals surface area contributed by atoms with E-state index in [1.807, 2.05) is 6.07 Å². The van der Waals surface area contributed by atoms with Gasteiger partial charge in [0.1, 0.15) is 23.1 Å². The minimum absolute atomic E-state index is 0.0109. The summed E-state index contributed by atoms with van der Waals surface area (Å²) in [6.07, 6.45) is 4.18. The Hall–Kier alpha value is -2.76. The van der Waals surface area contributed by atoms with Crippen LogP contribution in [0.25, 0.3) is 11.0 Å². The number of hydrogen-bond donors (Lipinski definition) is 2. The van der Waals surface area contributed by atoms with Crippen molar-refractivity contribution in [3.63, 3.8) is 0 Å². The predicted octanol–water partition coefficient (Wildman–Crippen LogP) is 0.821. The molecule has 1 aromatic heterocycles. The van der Waals surface area contributed by atoms with E-state index in [2.05, 4.69) is 38.5 Å². The number of rotatable bonds is 3. The summed E-state index contributed by atoms with van der Waals surface area (Å²) in [6.45, 7) is 5.50. The summed E-state index contributed by atoms with van der Waals surface area (Å²) in [6, 6.07) is 5.66. The highest BCUT2D eigenvalue weighted by Crippen LogP contribution is 2.30. The zero-order valence-electron chi connectivity index (χ0n) is 15.9. The molecule has 0 bridgehead atoms. The van der Waals surface area contributed by atoms with Gasteiger partial charge in [0.2, 0.25) is 5.91 Å². The fourth-order valence-electron chi connectivity index (χ4n) is 4.08. The first-order valence-electron chi connectivity index (χ1n) is 9.66. The maximum absolute atomic E-state index is 12.6. The molecule has 2 aliphatic rings. The van der Waals surface area contributed by atoms with Gasteiger partial charge in [0.05, 0.1) is 24.5 Å². The monoisotopic (exact) mass is 380 g/mol. The average Bonchev–Trinajstić information content (AvgIpc) is 2.73. The number of carbonyl (C=O) groups excluding carboxylic acids is 1. The number of piperidine rings is 1. The third-order valence-corrected chi connectivity index (χ3v) is 5.31. The Bertz CT molecular complexity index is 905. The van der Waals surface area contributed by atoms with Crippen molar-refractivity contribution in [3.05, 3.63) is 30.1 Å². The highest BCUT2D eigenvalue weighted by Gasteiger charge is 2.30. The largest absolute Gasteiger partial charge is 0.378 e. The summed E-state index contributed by atoms with van der Waals surface area (Å²) < 4.78 is 5.40. The van der Waals surface area contributed by atoms with Gasteiger partial charge in [-0.05, 0) is 24.5 Å². The second-order valence-electron chi connectivity index (χ2n) is 7.53. The van der Waals surface area contributed by atoms with Crippen LogP contribution in [0.15, 0.2) is 24.5 Å². The molecule has 2 aliphatic heterocycles. The van der Waals surface area contributed by atoms with Crippen LogP contribution in [-0.2, 0) is 9.53 Å². The zero-order chi connectivity index (χ0) is 19.5. The lowest BCUT2D eigenvalue weighted by atomic mass is 9.94. The van der Waals surface area contributed by atoms with E-state index in [9.17, 15) is 10.1 Å². The van der Waals surface area contributed by atoms with Crippen LogP contribution in [0.4, 0.5) is 5.69 Å². The molecule has 0 unspecified atom stereocenters. The van der Waals surface area contributed by atoms with Crippen molar-refractivity contribution < 1.29 is 9.53 Å². The Labute approximate surface area is 163 Å². The second kappa shape index (κ2) is 8.09. The number of hydrogen-bond acceptors (Lipinski definition) is 7. The molecule has 8 heteroatoms. The van der Waals surface area contributed by atoms with E-state index in [0.717, 1.165) is 24.2 Å². The van der Waals surface area contributed by atoms with E-state index < -0.39 is 0 Å². The summed E-state index contributed by atoms with van der Waals surface area (Å²) in [5.41, 5.74) is 2.81. The third kappa shape index (κ3) is 3.77. The molecule has 28 heavy (non-hydrogen) atoms. The number of benzene rings is 1. The van der Waals surface area contributed by atoms with Gasteiger partial charge in [-0.2, -0.15) is 5.26 Å². The molecule has 2 saturated heterocycles. The minimum Gasteiger partial charge on any atom is -0.378 e. The molecule has 0 radical (unpaired) electrons. The number of aromatic nitrogens is 2. The number of nitrogens with one attached hydrogen (secondary N) is 2. The van der Waals surface area contributed by atoms with Gasteiger partial charge in [0.15, 0.2) is 0 Å². The molecule has 0 saturated carbocycles. The molecule has 1 amide bonds. The summed E-state index contributed by atoms with van der Waals surface area (Å²) in [7, 11) is 0. The Kier molecular flexibility index (Phi) is 5.37. The molecule has 146 valence electrons. The van der Waals surface area contributed by atoms with Crippen molar-refractivity contribution in [2.24, 2.45) is 5.92 Å². The first-order valence-corrected chi connectivity index (χ1v) is 9.66. The van der Waals surface area contributed by atoms with Crippen molar-refractivity contribution in [1.29, 1.82) is 5.26 Å². The van der Waals surface area contributed by atoms with Crippen LogP contribution in [0.1, 0.15) is 18.9 Å². The quantitative estimate of drug-likeness (QED) is 0.813. The first kappa shape index (κ1) is 18.6. The van der Waals surface area contributed by atoms with E-state index in [-0.39, 0.29) is 18.0 Å². The van der Waals surface area contributed by atoms with Gasteiger partial charge in [-0.1, -0.05) is 6.92 Å². The number of anilines is 1. The fourth-order valence-corrected chi connectivity index (χ4v) is 4.08. The van der Waals surface area contributed by atoms with Gasteiger partial charge in [0.25, 0.3) is 0 Å². The fraction of sp³-hybridized carbons (Fsp3) is 0.500. The van der Waals surface area contributed by atoms with Crippen LogP contribution in [0, 0.1) is 17.2 Å². The molecule has 3 heterocycles. The smallest absolute Gasteiger partial charge is 0.239 e. The standard InChI is InChI=1S/C20H24N6O2/c1-13-8-15(25-20(27)16-12-28-7-6-22-16)11-26(10-13)17-3-2-14(9-21)18-19(17)24-5-4-23-18/h2-5,13,15-16,22H,6-8,10-12H2,1H3,(H,25,27)/t13-,15+,16+/m0/s1. The Morgan fingerprint density at radius 2 is 2.14 bits per heavy atom. The van der Waals surface area contributed by atoms with E-state index >= 15 is 0 Å². The number of morpholine rings is 1. The van der Waals surface area contributed by atoms with Crippen LogP contribution >= 0.6 is 0 Å². The number of ether oxygens (including phenoxy) is 1. The van der Waals surface area contributed by atoms with E-state index in [1.54, 1.807) is 18.5 Å². The third-order valence-electron chi connectivity index (χ3n) is 5.31. The maximum atomic E-state index is 12.6. The molecule has 4 rings (SSSR count). The van der Waals surface area contributed by atoms with Gasteiger partial charge >= 0.3 is 0 Å².